The Bertz CT molecular complexity index is 206. The fourth-order valence-corrected chi connectivity index (χ4v) is 1.91. The van der Waals surface area contributed by atoms with Crippen LogP contribution in [-0.4, -0.2) is 31.6 Å². The fourth-order valence-electron chi connectivity index (χ4n) is 1.91. The Morgan fingerprint density at radius 1 is 1.46 bits per heavy atom. The van der Waals surface area contributed by atoms with Crippen molar-refractivity contribution in [2.24, 2.45) is 5.92 Å². The standard InChI is InChI=1S/C11H21NO/c1-8(2)11-6-10(7-12(4)5)13-9(11)3/h8,10H,6-7H2,1-5H3. The molecule has 2 nitrogen and oxygen atoms in total. The zero-order chi connectivity index (χ0) is 10.0. The van der Waals surface area contributed by atoms with E-state index in [1.54, 1.807) is 0 Å². The molecular formula is C11H21NO. The normalized spacial score (nSPS) is 23.2. The van der Waals surface area contributed by atoms with Gasteiger partial charge < -0.3 is 9.64 Å². The number of rotatable bonds is 3. The van der Waals surface area contributed by atoms with E-state index < -0.39 is 0 Å². The van der Waals surface area contributed by atoms with Crippen LogP contribution in [0.4, 0.5) is 0 Å². The lowest BCUT2D eigenvalue weighted by molar-refractivity contribution is 0.115. The molecule has 0 aromatic heterocycles. The summed E-state index contributed by atoms with van der Waals surface area (Å²) in [5.74, 6) is 1.79. The lowest BCUT2D eigenvalue weighted by Gasteiger charge is -2.16. The minimum absolute atomic E-state index is 0.382. The Morgan fingerprint density at radius 2 is 2.08 bits per heavy atom. The van der Waals surface area contributed by atoms with E-state index in [1.165, 1.54) is 5.57 Å². The molecule has 1 aliphatic rings. The van der Waals surface area contributed by atoms with E-state index >= 15 is 0 Å². The summed E-state index contributed by atoms with van der Waals surface area (Å²) in [5.41, 5.74) is 1.49. The van der Waals surface area contributed by atoms with E-state index in [0.717, 1.165) is 18.7 Å². The third-order valence-corrected chi connectivity index (χ3v) is 2.51. The quantitative estimate of drug-likeness (QED) is 0.665. The van der Waals surface area contributed by atoms with Gasteiger partial charge in [0.15, 0.2) is 0 Å². The van der Waals surface area contributed by atoms with Crippen molar-refractivity contribution in [2.45, 2.75) is 33.3 Å². The number of ether oxygens (including phenoxy) is 1. The molecule has 0 aromatic carbocycles. The van der Waals surface area contributed by atoms with E-state index in [1.807, 2.05) is 0 Å². The monoisotopic (exact) mass is 183 g/mol. The summed E-state index contributed by atoms with van der Waals surface area (Å²) in [6.45, 7) is 7.58. The predicted octanol–water partition coefficient (Wildman–Crippen LogP) is 2.27. The third-order valence-electron chi connectivity index (χ3n) is 2.51. The van der Waals surface area contributed by atoms with Gasteiger partial charge in [-0.25, -0.2) is 0 Å². The molecule has 0 aromatic rings. The van der Waals surface area contributed by atoms with Crippen LogP contribution in [0.2, 0.25) is 0 Å². The van der Waals surface area contributed by atoms with E-state index in [9.17, 15) is 0 Å². The Labute approximate surface area is 81.6 Å². The average Bonchev–Trinajstić information content (AvgIpc) is 2.29. The largest absolute Gasteiger partial charge is 0.493 e. The minimum atomic E-state index is 0.382. The first-order chi connectivity index (χ1) is 6.00. The second kappa shape index (κ2) is 4.14. The van der Waals surface area contributed by atoms with Gasteiger partial charge in [0, 0.05) is 13.0 Å². The van der Waals surface area contributed by atoms with Crippen LogP contribution in [0.15, 0.2) is 11.3 Å². The molecule has 0 bridgehead atoms. The maximum Gasteiger partial charge on any atom is 0.115 e. The van der Waals surface area contributed by atoms with Crippen LogP contribution in [0, 0.1) is 5.92 Å². The lowest BCUT2D eigenvalue weighted by atomic mass is 9.98. The summed E-state index contributed by atoms with van der Waals surface area (Å²) in [6.07, 6.45) is 1.49. The van der Waals surface area contributed by atoms with Crippen molar-refractivity contribution < 1.29 is 4.74 Å². The molecule has 0 aliphatic carbocycles. The van der Waals surface area contributed by atoms with Gasteiger partial charge in [0.25, 0.3) is 0 Å². The maximum atomic E-state index is 5.78. The maximum absolute atomic E-state index is 5.78. The zero-order valence-electron chi connectivity index (χ0n) is 9.42. The Morgan fingerprint density at radius 3 is 2.46 bits per heavy atom. The van der Waals surface area contributed by atoms with Gasteiger partial charge in [-0.1, -0.05) is 13.8 Å². The first-order valence-corrected chi connectivity index (χ1v) is 5.01. The molecule has 1 atom stereocenters. The molecule has 1 aliphatic heterocycles. The molecule has 1 rings (SSSR count). The van der Waals surface area contributed by atoms with E-state index in [0.29, 0.717) is 12.0 Å². The lowest BCUT2D eigenvalue weighted by Crippen LogP contribution is -2.25. The Hall–Kier alpha value is -0.500. The first kappa shape index (κ1) is 10.6. The fraction of sp³-hybridized carbons (Fsp3) is 0.818. The van der Waals surface area contributed by atoms with Gasteiger partial charge in [0.1, 0.15) is 6.10 Å². The van der Waals surface area contributed by atoms with Gasteiger partial charge >= 0.3 is 0 Å². The van der Waals surface area contributed by atoms with Gasteiger partial charge in [0.2, 0.25) is 0 Å². The number of hydrogen-bond acceptors (Lipinski definition) is 2. The second-order valence-corrected chi connectivity index (χ2v) is 4.44. The van der Waals surface area contributed by atoms with Crippen LogP contribution < -0.4 is 0 Å². The molecule has 0 N–H and O–H groups in total. The van der Waals surface area contributed by atoms with Crippen LogP contribution in [0.1, 0.15) is 27.2 Å². The SMILES string of the molecule is CC1=C(C(C)C)CC(CN(C)C)O1. The van der Waals surface area contributed by atoms with Gasteiger partial charge in [-0.05, 0) is 32.5 Å². The van der Waals surface area contributed by atoms with Gasteiger partial charge in [-0.2, -0.15) is 0 Å². The molecular weight excluding hydrogens is 162 g/mol. The van der Waals surface area contributed by atoms with Crippen LogP contribution in [0.3, 0.4) is 0 Å². The Balaban J connectivity index is 2.49. The van der Waals surface area contributed by atoms with Crippen molar-refractivity contribution in [1.82, 2.24) is 4.90 Å². The van der Waals surface area contributed by atoms with Crippen molar-refractivity contribution in [1.29, 1.82) is 0 Å². The number of likely N-dealkylation sites (N-methyl/N-ethyl adjacent to an activating group) is 1. The number of nitrogens with zero attached hydrogens (tertiary/aromatic N) is 1. The average molecular weight is 183 g/mol. The minimum Gasteiger partial charge on any atom is -0.493 e. The summed E-state index contributed by atoms with van der Waals surface area (Å²) in [5, 5.41) is 0. The molecule has 0 spiro atoms. The van der Waals surface area contributed by atoms with Crippen LogP contribution in [0.25, 0.3) is 0 Å². The third kappa shape index (κ3) is 2.73. The topological polar surface area (TPSA) is 12.5 Å². The van der Waals surface area contributed by atoms with Crippen molar-refractivity contribution >= 4 is 0 Å². The van der Waals surface area contributed by atoms with Gasteiger partial charge in [-0.15, -0.1) is 0 Å². The van der Waals surface area contributed by atoms with Crippen LogP contribution in [-0.2, 0) is 4.74 Å². The summed E-state index contributed by atoms with van der Waals surface area (Å²) in [6, 6.07) is 0. The summed E-state index contributed by atoms with van der Waals surface area (Å²) in [4.78, 5) is 2.18. The van der Waals surface area contributed by atoms with Crippen molar-refractivity contribution in [2.75, 3.05) is 20.6 Å². The molecule has 13 heavy (non-hydrogen) atoms. The molecule has 2 heteroatoms. The van der Waals surface area contributed by atoms with Crippen molar-refractivity contribution in [3.05, 3.63) is 11.3 Å². The van der Waals surface area contributed by atoms with Crippen molar-refractivity contribution in [3.8, 4) is 0 Å². The molecule has 0 saturated heterocycles. The highest BCUT2D eigenvalue weighted by Gasteiger charge is 2.24. The van der Waals surface area contributed by atoms with Crippen LogP contribution >= 0.6 is 0 Å². The highest BCUT2D eigenvalue weighted by Crippen LogP contribution is 2.30. The van der Waals surface area contributed by atoms with E-state index in [4.69, 9.17) is 4.74 Å². The summed E-state index contributed by atoms with van der Waals surface area (Å²) >= 11 is 0. The number of hydrogen-bond donors (Lipinski definition) is 0. The molecule has 0 saturated carbocycles. The molecule has 1 heterocycles. The molecule has 76 valence electrons. The Kier molecular flexibility index (Phi) is 3.37. The molecule has 1 unspecified atom stereocenters. The smallest absolute Gasteiger partial charge is 0.115 e. The molecule has 0 radical (unpaired) electrons. The van der Waals surface area contributed by atoms with E-state index in [-0.39, 0.29) is 0 Å². The highest BCUT2D eigenvalue weighted by atomic mass is 16.5. The zero-order valence-corrected chi connectivity index (χ0v) is 9.42. The molecule has 0 amide bonds. The summed E-state index contributed by atoms with van der Waals surface area (Å²) < 4.78 is 5.78. The second-order valence-electron chi connectivity index (χ2n) is 4.44. The van der Waals surface area contributed by atoms with E-state index in [2.05, 4.69) is 39.8 Å². The van der Waals surface area contributed by atoms with Gasteiger partial charge in [0.05, 0.1) is 5.76 Å². The first-order valence-electron chi connectivity index (χ1n) is 5.01. The van der Waals surface area contributed by atoms with Crippen LogP contribution in [0.5, 0.6) is 0 Å². The highest BCUT2D eigenvalue weighted by molar-refractivity contribution is 5.15. The summed E-state index contributed by atoms with van der Waals surface area (Å²) in [7, 11) is 4.18. The van der Waals surface area contributed by atoms with Gasteiger partial charge in [-0.3, -0.25) is 0 Å². The number of allylic oxidation sites excluding steroid dienone is 1. The van der Waals surface area contributed by atoms with Crippen molar-refractivity contribution in [3.63, 3.8) is 0 Å². The molecule has 0 fully saturated rings. The predicted molar refractivity (Wildman–Crippen MR) is 55.6 cm³/mol.